The number of carbonyl (C=O) groups excluding carboxylic acids is 1. The first-order valence-corrected chi connectivity index (χ1v) is 8.40. The van der Waals surface area contributed by atoms with Crippen LogP contribution in [-0.4, -0.2) is 30.3 Å². The average Bonchev–Trinajstić information content (AvgIpc) is 3.20. The van der Waals surface area contributed by atoms with E-state index in [1.807, 2.05) is 36.4 Å². The smallest absolute Gasteiger partial charge is 0.266 e. The average molecular weight is 374 g/mol. The number of methoxy groups -OCH3 is 2. The monoisotopic (exact) mass is 374 g/mol. The second kappa shape index (κ2) is 8.56. The van der Waals surface area contributed by atoms with Crippen molar-refractivity contribution in [1.82, 2.24) is 10.2 Å². The number of benzene rings is 2. The molecule has 2 aromatic carbocycles. The summed E-state index contributed by atoms with van der Waals surface area (Å²) >= 11 is 0. The Morgan fingerprint density at radius 2 is 1.96 bits per heavy atom. The van der Waals surface area contributed by atoms with Gasteiger partial charge in [-0.15, -0.1) is 0 Å². The highest BCUT2D eigenvalue weighted by Crippen LogP contribution is 2.29. The van der Waals surface area contributed by atoms with Crippen molar-refractivity contribution in [3.8, 4) is 28.8 Å². The largest absolute Gasteiger partial charge is 0.497 e. The zero-order chi connectivity index (χ0) is 19.9. The molecule has 7 heteroatoms. The number of nitriles is 1. The minimum absolute atomic E-state index is 0.0662. The number of nitrogens with zero attached hydrogens (tertiary/aromatic N) is 2. The van der Waals surface area contributed by atoms with Crippen molar-refractivity contribution >= 4 is 17.7 Å². The maximum Gasteiger partial charge on any atom is 0.266 e. The fourth-order valence-electron chi connectivity index (χ4n) is 2.65. The molecule has 1 aromatic heterocycles. The van der Waals surface area contributed by atoms with E-state index in [-0.39, 0.29) is 5.57 Å². The Kier molecular flexibility index (Phi) is 5.72. The van der Waals surface area contributed by atoms with Crippen LogP contribution in [-0.2, 0) is 4.79 Å². The molecule has 0 bridgehead atoms. The summed E-state index contributed by atoms with van der Waals surface area (Å²) in [6, 6.07) is 16.5. The first-order chi connectivity index (χ1) is 13.7. The lowest BCUT2D eigenvalue weighted by atomic mass is 10.1. The summed E-state index contributed by atoms with van der Waals surface area (Å²) in [5.74, 6) is 0.453. The fourth-order valence-corrected chi connectivity index (χ4v) is 2.65. The molecule has 1 amide bonds. The highest BCUT2D eigenvalue weighted by atomic mass is 16.5. The van der Waals surface area contributed by atoms with Crippen LogP contribution in [0.1, 0.15) is 5.56 Å². The third kappa shape index (κ3) is 4.02. The van der Waals surface area contributed by atoms with Gasteiger partial charge in [0.15, 0.2) is 0 Å². The molecule has 0 fully saturated rings. The van der Waals surface area contributed by atoms with Crippen molar-refractivity contribution in [3.05, 3.63) is 65.9 Å². The number of H-pyrrole nitrogens is 1. The number of rotatable bonds is 6. The summed E-state index contributed by atoms with van der Waals surface area (Å²) in [5, 5.41) is 19.1. The molecule has 3 rings (SSSR count). The SMILES string of the molecule is COc1ccc(OC)c(NC(=O)/C(C#N)=C/c2cn[nH]c2-c2ccccc2)c1. The maximum absolute atomic E-state index is 12.7. The summed E-state index contributed by atoms with van der Waals surface area (Å²) in [7, 11) is 3.02. The Hall–Kier alpha value is -4.05. The standard InChI is InChI=1S/C21H18N4O3/c1-27-17-8-9-19(28-2)18(11-17)24-21(26)15(12-22)10-16-13-23-25-20(16)14-6-4-3-5-7-14/h3-11,13H,1-2H3,(H,23,25)(H,24,26)/b15-10+. The van der Waals surface area contributed by atoms with Gasteiger partial charge in [-0.1, -0.05) is 30.3 Å². The lowest BCUT2D eigenvalue weighted by molar-refractivity contribution is -0.112. The molecule has 0 unspecified atom stereocenters. The van der Waals surface area contributed by atoms with Gasteiger partial charge in [-0.25, -0.2) is 0 Å². The van der Waals surface area contributed by atoms with Gasteiger partial charge in [0.1, 0.15) is 23.1 Å². The zero-order valence-electron chi connectivity index (χ0n) is 15.4. The van der Waals surface area contributed by atoms with Gasteiger partial charge in [0.05, 0.1) is 31.8 Å². The third-order valence-corrected chi connectivity index (χ3v) is 4.05. The van der Waals surface area contributed by atoms with Gasteiger partial charge in [0, 0.05) is 17.2 Å². The van der Waals surface area contributed by atoms with Crippen LogP contribution in [0.25, 0.3) is 17.3 Å². The fraction of sp³-hybridized carbons (Fsp3) is 0.0952. The molecule has 0 saturated carbocycles. The molecule has 3 aromatic rings. The first kappa shape index (κ1) is 18.7. The minimum Gasteiger partial charge on any atom is -0.497 e. The normalized spacial score (nSPS) is 10.8. The summed E-state index contributed by atoms with van der Waals surface area (Å²) in [4.78, 5) is 12.7. The zero-order valence-corrected chi connectivity index (χ0v) is 15.4. The maximum atomic E-state index is 12.7. The summed E-state index contributed by atoms with van der Waals surface area (Å²) in [6.45, 7) is 0. The molecule has 2 N–H and O–H groups in total. The van der Waals surface area contributed by atoms with Gasteiger partial charge in [0.25, 0.3) is 5.91 Å². The molecule has 0 aliphatic rings. The van der Waals surface area contributed by atoms with E-state index in [1.165, 1.54) is 20.3 Å². The van der Waals surface area contributed by atoms with Gasteiger partial charge in [0.2, 0.25) is 0 Å². The van der Waals surface area contributed by atoms with Crippen molar-refractivity contribution in [2.24, 2.45) is 0 Å². The molecule has 0 spiro atoms. The Morgan fingerprint density at radius 1 is 1.18 bits per heavy atom. The van der Waals surface area contributed by atoms with Crippen LogP contribution in [0.15, 0.2) is 60.3 Å². The third-order valence-electron chi connectivity index (χ3n) is 4.05. The van der Waals surface area contributed by atoms with Crippen molar-refractivity contribution in [2.45, 2.75) is 0 Å². The predicted octanol–water partition coefficient (Wildman–Crippen LogP) is 3.64. The molecule has 0 atom stereocenters. The van der Waals surface area contributed by atoms with Gasteiger partial charge < -0.3 is 14.8 Å². The second-order valence-corrected chi connectivity index (χ2v) is 5.76. The highest BCUT2D eigenvalue weighted by molar-refractivity contribution is 6.10. The molecular weight excluding hydrogens is 356 g/mol. The number of nitrogens with one attached hydrogen (secondary N) is 2. The molecule has 1 heterocycles. The van der Waals surface area contributed by atoms with Crippen LogP contribution in [0.3, 0.4) is 0 Å². The molecule has 28 heavy (non-hydrogen) atoms. The number of anilines is 1. The first-order valence-electron chi connectivity index (χ1n) is 8.40. The topological polar surface area (TPSA) is 100 Å². The van der Waals surface area contributed by atoms with Crippen molar-refractivity contribution in [1.29, 1.82) is 5.26 Å². The van der Waals surface area contributed by atoms with Crippen LogP contribution in [0.5, 0.6) is 11.5 Å². The Bertz CT molecular complexity index is 1050. The van der Waals surface area contributed by atoms with Gasteiger partial charge >= 0.3 is 0 Å². The van der Waals surface area contributed by atoms with E-state index in [4.69, 9.17) is 9.47 Å². The number of aromatic amines is 1. The van der Waals surface area contributed by atoms with Crippen LogP contribution >= 0.6 is 0 Å². The van der Waals surface area contributed by atoms with Crippen LogP contribution in [0.4, 0.5) is 5.69 Å². The molecule has 0 radical (unpaired) electrons. The summed E-state index contributed by atoms with van der Waals surface area (Å²) < 4.78 is 10.4. The molecule has 0 aliphatic carbocycles. The molecule has 0 saturated heterocycles. The van der Waals surface area contributed by atoms with E-state index in [0.29, 0.717) is 22.7 Å². The van der Waals surface area contributed by atoms with Gasteiger partial charge in [-0.3, -0.25) is 9.89 Å². The number of carbonyl (C=O) groups is 1. The summed E-state index contributed by atoms with van der Waals surface area (Å²) in [5.41, 5.74) is 2.60. The lowest BCUT2D eigenvalue weighted by Gasteiger charge is -2.11. The van der Waals surface area contributed by atoms with E-state index in [0.717, 1.165) is 11.3 Å². The van der Waals surface area contributed by atoms with Crippen molar-refractivity contribution in [3.63, 3.8) is 0 Å². The molecule has 140 valence electrons. The van der Waals surface area contributed by atoms with E-state index >= 15 is 0 Å². The van der Waals surface area contributed by atoms with E-state index in [1.54, 1.807) is 24.4 Å². The number of hydrogen-bond donors (Lipinski definition) is 2. The number of ether oxygens (including phenoxy) is 2. The second-order valence-electron chi connectivity index (χ2n) is 5.76. The van der Waals surface area contributed by atoms with Gasteiger partial charge in [-0.2, -0.15) is 10.4 Å². The minimum atomic E-state index is -0.561. The van der Waals surface area contributed by atoms with Crippen LogP contribution in [0, 0.1) is 11.3 Å². The summed E-state index contributed by atoms with van der Waals surface area (Å²) in [6.07, 6.45) is 3.06. The van der Waals surface area contributed by atoms with E-state index in [9.17, 15) is 10.1 Å². The van der Waals surface area contributed by atoms with Crippen LogP contribution in [0.2, 0.25) is 0 Å². The number of hydrogen-bond acceptors (Lipinski definition) is 5. The van der Waals surface area contributed by atoms with Crippen LogP contribution < -0.4 is 14.8 Å². The predicted molar refractivity (Wildman–Crippen MR) is 106 cm³/mol. The number of aromatic nitrogens is 2. The van der Waals surface area contributed by atoms with E-state index < -0.39 is 5.91 Å². The molecule has 7 nitrogen and oxygen atoms in total. The molecule has 0 aliphatic heterocycles. The highest BCUT2D eigenvalue weighted by Gasteiger charge is 2.15. The lowest BCUT2D eigenvalue weighted by Crippen LogP contribution is -2.14. The Balaban J connectivity index is 1.90. The molecular formula is C21H18N4O3. The Labute approximate surface area is 162 Å². The van der Waals surface area contributed by atoms with Crippen molar-refractivity contribution in [2.75, 3.05) is 19.5 Å². The number of amides is 1. The quantitative estimate of drug-likeness (QED) is 0.507. The van der Waals surface area contributed by atoms with Crippen molar-refractivity contribution < 1.29 is 14.3 Å². The Morgan fingerprint density at radius 3 is 2.64 bits per heavy atom. The van der Waals surface area contributed by atoms with Gasteiger partial charge in [-0.05, 0) is 18.2 Å². The van der Waals surface area contributed by atoms with E-state index in [2.05, 4.69) is 15.5 Å².